The summed E-state index contributed by atoms with van der Waals surface area (Å²) in [5.41, 5.74) is 1.44. The Kier molecular flexibility index (Phi) is 3.64. The first-order chi connectivity index (χ1) is 8.47. The molecule has 0 amide bonds. The summed E-state index contributed by atoms with van der Waals surface area (Å²) in [4.78, 5) is 0. The molecule has 18 heavy (non-hydrogen) atoms. The third-order valence-electron chi connectivity index (χ3n) is 2.64. The monoisotopic (exact) mass is 268 g/mol. The normalized spacial score (nSPS) is 12.5. The Morgan fingerprint density at radius 2 is 1.78 bits per heavy atom. The van der Waals surface area contributed by atoms with E-state index in [0.29, 0.717) is 16.7 Å². The van der Waals surface area contributed by atoms with Crippen molar-refractivity contribution in [2.45, 2.75) is 13.0 Å². The molecule has 4 heteroatoms. The maximum Gasteiger partial charge on any atom is 0.124 e. The molecule has 0 aliphatic heterocycles. The lowest BCUT2D eigenvalue weighted by Gasteiger charge is -2.14. The maximum absolute atomic E-state index is 13.3. The lowest BCUT2D eigenvalue weighted by molar-refractivity contribution is 0.219. The van der Waals surface area contributed by atoms with Gasteiger partial charge in [-0.3, -0.25) is 0 Å². The van der Waals surface area contributed by atoms with Crippen LogP contribution in [0.1, 0.15) is 22.8 Å². The van der Waals surface area contributed by atoms with E-state index < -0.39 is 17.7 Å². The van der Waals surface area contributed by atoms with Crippen LogP contribution in [0.25, 0.3) is 0 Å². The zero-order chi connectivity index (χ0) is 13.3. The molecular weight excluding hydrogens is 258 g/mol. The molecule has 1 nitrogen and oxygen atoms in total. The highest BCUT2D eigenvalue weighted by Crippen LogP contribution is 2.29. The second kappa shape index (κ2) is 5.04. The van der Waals surface area contributed by atoms with Crippen LogP contribution >= 0.6 is 11.6 Å². The summed E-state index contributed by atoms with van der Waals surface area (Å²) in [6, 6.07) is 7.97. The number of aliphatic hydroxyl groups is 1. The highest BCUT2D eigenvalue weighted by atomic mass is 35.5. The first-order valence-electron chi connectivity index (χ1n) is 5.37. The highest BCUT2D eigenvalue weighted by Gasteiger charge is 2.15. The number of aryl methyl sites for hydroxylation is 1. The number of hydrogen-bond acceptors (Lipinski definition) is 1. The summed E-state index contributed by atoms with van der Waals surface area (Å²) >= 11 is 5.86. The van der Waals surface area contributed by atoms with E-state index in [-0.39, 0.29) is 5.02 Å². The molecule has 1 atom stereocenters. The zero-order valence-electron chi connectivity index (χ0n) is 9.62. The minimum atomic E-state index is -1.08. The number of rotatable bonds is 2. The molecule has 0 aliphatic rings. The number of hydrogen-bond donors (Lipinski definition) is 1. The third kappa shape index (κ3) is 2.68. The first-order valence-corrected chi connectivity index (χ1v) is 5.75. The quantitative estimate of drug-likeness (QED) is 0.873. The molecule has 0 bridgehead atoms. The molecule has 0 saturated heterocycles. The van der Waals surface area contributed by atoms with Crippen LogP contribution < -0.4 is 0 Å². The fourth-order valence-electron chi connectivity index (χ4n) is 1.83. The standard InChI is InChI=1S/C14H11ClF2O/c1-8-4-9(6-11(17)5-8)14(18)12-3-2-10(16)7-13(12)15/h2-7,14,18H,1H3. The van der Waals surface area contributed by atoms with E-state index in [4.69, 9.17) is 11.6 Å². The van der Waals surface area contributed by atoms with Crippen molar-refractivity contribution in [2.24, 2.45) is 0 Å². The molecule has 2 aromatic rings. The van der Waals surface area contributed by atoms with Gasteiger partial charge in [0.1, 0.15) is 17.7 Å². The van der Waals surface area contributed by atoms with Crippen LogP contribution in [0.5, 0.6) is 0 Å². The average Bonchev–Trinajstić information content (AvgIpc) is 2.26. The molecule has 0 aromatic heterocycles. The summed E-state index contributed by atoms with van der Waals surface area (Å²) in [5, 5.41) is 10.3. The van der Waals surface area contributed by atoms with Gasteiger partial charge in [-0.15, -0.1) is 0 Å². The van der Waals surface area contributed by atoms with Crippen LogP contribution in [0.15, 0.2) is 36.4 Å². The maximum atomic E-state index is 13.3. The predicted molar refractivity (Wildman–Crippen MR) is 66.6 cm³/mol. The smallest absolute Gasteiger partial charge is 0.124 e. The number of aliphatic hydroxyl groups excluding tert-OH is 1. The van der Waals surface area contributed by atoms with Gasteiger partial charge in [0, 0.05) is 10.6 Å². The molecule has 94 valence electrons. The summed E-state index contributed by atoms with van der Waals surface area (Å²) in [6.45, 7) is 1.73. The minimum Gasteiger partial charge on any atom is -0.384 e. The van der Waals surface area contributed by atoms with E-state index in [0.717, 1.165) is 6.07 Å². The van der Waals surface area contributed by atoms with Crippen LogP contribution in [0.2, 0.25) is 5.02 Å². The van der Waals surface area contributed by atoms with Gasteiger partial charge >= 0.3 is 0 Å². The molecule has 0 aliphatic carbocycles. The van der Waals surface area contributed by atoms with E-state index in [9.17, 15) is 13.9 Å². The Bertz CT molecular complexity index is 564. The molecule has 2 rings (SSSR count). The third-order valence-corrected chi connectivity index (χ3v) is 2.96. The van der Waals surface area contributed by atoms with E-state index in [1.807, 2.05) is 0 Å². The van der Waals surface area contributed by atoms with Crippen molar-refractivity contribution in [3.8, 4) is 0 Å². The van der Waals surface area contributed by atoms with Gasteiger partial charge < -0.3 is 5.11 Å². The molecule has 0 radical (unpaired) electrons. The van der Waals surface area contributed by atoms with Crippen LogP contribution in [0.3, 0.4) is 0 Å². The van der Waals surface area contributed by atoms with Gasteiger partial charge in [-0.1, -0.05) is 23.7 Å². The number of halogens is 3. The van der Waals surface area contributed by atoms with Crippen LogP contribution in [0.4, 0.5) is 8.78 Å². The first kappa shape index (κ1) is 13.0. The Morgan fingerprint density at radius 3 is 2.39 bits per heavy atom. The van der Waals surface area contributed by atoms with Gasteiger partial charge in [0.05, 0.1) is 0 Å². The van der Waals surface area contributed by atoms with E-state index >= 15 is 0 Å². The topological polar surface area (TPSA) is 20.2 Å². The van der Waals surface area contributed by atoms with Gasteiger partial charge in [0.25, 0.3) is 0 Å². The minimum absolute atomic E-state index is 0.115. The summed E-state index contributed by atoms with van der Waals surface area (Å²) < 4.78 is 26.2. The fourth-order valence-corrected chi connectivity index (χ4v) is 2.10. The van der Waals surface area contributed by atoms with Crippen molar-refractivity contribution in [3.63, 3.8) is 0 Å². The number of benzene rings is 2. The second-order valence-electron chi connectivity index (χ2n) is 4.13. The Hall–Kier alpha value is -1.45. The van der Waals surface area contributed by atoms with Crippen LogP contribution in [-0.4, -0.2) is 5.11 Å². The van der Waals surface area contributed by atoms with Crippen molar-refractivity contribution >= 4 is 11.6 Å². The van der Waals surface area contributed by atoms with Crippen LogP contribution in [0, 0.1) is 18.6 Å². The van der Waals surface area contributed by atoms with Gasteiger partial charge in [0.2, 0.25) is 0 Å². The predicted octanol–water partition coefficient (Wildman–Crippen LogP) is 4.01. The van der Waals surface area contributed by atoms with E-state index in [2.05, 4.69) is 0 Å². The van der Waals surface area contributed by atoms with Crippen molar-refractivity contribution in [2.75, 3.05) is 0 Å². The molecular formula is C14H11ClF2O. The summed E-state index contributed by atoms with van der Waals surface area (Å²) in [5.74, 6) is -0.909. The van der Waals surface area contributed by atoms with Crippen molar-refractivity contribution in [1.29, 1.82) is 0 Å². The lowest BCUT2D eigenvalue weighted by Crippen LogP contribution is -2.02. The Labute approximate surface area is 109 Å². The summed E-state index contributed by atoms with van der Waals surface area (Å²) in [6.07, 6.45) is -1.08. The molecule has 0 spiro atoms. The van der Waals surface area contributed by atoms with Gasteiger partial charge in [-0.05, 0) is 42.3 Å². The SMILES string of the molecule is Cc1cc(F)cc(C(O)c2ccc(F)cc2Cl)c1. The van der Waals surface area contributed by atoms with Crippen molar-refractivity contribution < 1.29 is 13.9 Å². The van der Waals surface area contributed by atoms with Gasteiger partial charge in [-0.2, -0.15) is 0 Å². The zero-order valence-corrected chi connectivity index (χ0v) is 10.4. The largest absolute Gasteiger partial charge is 0.384 e. The molecule has 0 fully saturated rings. The van der Waals surface area contributed by atoms with Crippen LogP contribution in [-0.2, 0) is 0 Å². The van der Waals surface area contributed by atoms with Gasteiger partial charge in [-0.25, -0.2) is 8.78 Å². The lowest BCUT2D eigenvalue weighted by atomic mass is 10.00. The van der Waals surface area contributed by atoms with Crippen molar-refractivity contribution in [1.82, 2.24) is 0 Å². The average molecular weight is 269 g/mol. The van der Waals surface area contributed by atoms with Gasteiger partial charge in [0.15, 0.2) is 0 Å². The molecule has 0 saturated carbocycles. The van der Waals surface area contributed by atoms with Crippen molar-refractivity contribution in [3.05, 3.63) is 69.7 Å². The fraction of sp³-hybridized carbons (Fsp3) is 0.143. The van der Waals surface area contributed by atoms with E-state index in [1.165, 1.54) is 24.3 Å². The Morgan fingerprint density at radius 1 is 1.06 bits per heavy atom. The van der Waals surface area contributed by atoms with E-state index in [1.54, 1.807) is 13.0 Å². The molecule has 1 N–H and O–H groups in total. The molecule has 0 heterocycles. The second-order valence-corrected chi connectivity index (χ2v) is 4.54. The Balaban J connectivity index is 2.44. The summed E-state index contributed by atoms with van der Waals surface area (Å²) in [7, 11) is 0. The molecule has 1 unspecified atom stereocenters. The highest BCUT2D eigenvalue weighted by molar-refractivity contribution is 6.31. The molecule has 2 aromatic carbocycles.